The lowest BCUT2D eigenvalue weighted by molar-refractivity contribution is 0.00798. The second-order valence-corrected chi connectivity index (χ2v) is 6.19. The molecular weight excluding hydrogens is 236 g/mol. The third-order valence-electron chi connectivity index (χ3n) is 4.49. The van der Waals surface area contributed by atoms with Gasteiger partial charge in [-0.2, -0.15) is 0 Å². The molecule has 1 aromatic rings. The SMILES string of the molecule is CN(C)C1C2CNCC1CN(Cc1cccnc1)C2. The first kappa shape index (κ1) is 13.0. The molecule has 0 amide bonds. The molecule has 0 aromatic carbocycles. The highest BCUT2D eigenvalue weighted by Crippen LogP contribution is 2.29. The van der Waals surface area contributed by atoms with Crippen LogP contribution in [0.3, 0.4) is 0 Å². The fourth-order valence-electron chi connectivity index (χ4n) is 3.89. The Morgan fingerprint density at radius 2 is 2.05 bits per heavy atom. The lowest BCUT2D eigenvalue weighted by Gasteiger charge is -2.50. The van der Waals surface area contributed by atoms with Crippen LogP contribution in [0, 0.1) is 11.8 Å². The Labute approximate surface area is 115 Å². The van der Waals surface area contributed by atoms with Crippen LogP contribution in [0.2, 0.25) is 0 Å². The van der Waals surface area contributed by atoms with Crippen LogP contribution in [-0.2, 0) is 6.54 Å². The molecule has 2 unspecified atom stereocenters. The number of nitrogens with one attached hydrogen (secondary N) is 1. The third-order valence-corrected chi connectivity index (χ3v) is 4.49. The van der Waals surface area contributed by atoms with E-state index in [0.717, 1.165) is 37.5 Å². The van der Waals surface area contributed by atoms with E-state index in [0.29, 0.717) is 0 Å². The van der Waals surface area contributed by atoms with E-state index in [1.807, 2.05) is 18.5 Å². The number of aromatic nitrogens is 1. The van der Waals surface area contributed by atoms with Gasteiger partial charge in [-0.25, -0.2) is 0 Å². The van der Waals surface area contributed by atoms with Gasteiger partial charge in [-0.05, 0) is 37.6 Å². The number of piperidine rings is 2. The second kappa shape index (κ2) is 5.57. The highest BCUT2D eigenvalue weighted by Gasteiger charge is 2.40. The van der Waals surface area contributed by atoms with E-state index in [1.165, 1.54) is 18.7 Å². The van der Waals surface area contributed by atoms with Gasteiger partial charge in [0, 0.05) is 51.2 Å². The fraction of sp³-hybridized carbons (Fsp3) is 0.667. The standard InChI is InChI=1S/C15H24N4/c1-18(2)15-13-7-17-8-14(15)11-19(10-13)9-12-4-3-5-16-6-12/h3-6,13-15,17H,7-11H2,1-2H3. The van der Waals surface area contributed by atoms with Crippen LogP contribution in [0.25, 0.3) is 0 Å². The summed E-state index contributed by atoms with van der Waals surface area (Å²) in [5, 5.41) is 3.59. The van der Waals surface area contributed by atoms with Gasteiger partial charge in [-0.15, -0.1) is 0 Å². The predicted molar refractivity (Wildman–Crippen MR) is 76.8 cm³/mol. The first-order valence-electron chi connectivity index (χ1n) is 7.22. The summed E-state index contributed by atoms with van der Waals surface area (Å²) in [4.78, 5) is 9.25. The maximum absolute atomic E-state index is 4.22. The summed E-state index contributed by atoms with van der Waals surface area (Å²) in [6.45, 7) is 5.75. The van der Waals surface area contributed by atoms with Crippen LogP contribution in [0.15, 0.2) is 24.5 Å². The summed E-state index contributed by atoms with van der Waals surface area (Å²) < 4.78 is 0. The number of rotatable bonds is 3. The molecule has 3 heterocycles. The Hall–Kier alpha value is -0.970. The minimum Gasteiger partial charge on any atom is -0.316 e. The Bertz CT molecular complexity index is 392. The van der Waals surface area contributed by atoms with Gasteiger partial charge in [0.2, 0.25) is 0 Å². The van der Waals surface area contributed by atoms with E-state index >= 15 is 0 Å². The molecule has 0 radical (unpaired) electrons. The first-order valence-corrected chi connectivity index (χ1v) is 7.22. The largest absolute Gasteiger partial charge is 0.316 e. The zero-order chi connectivity index (χ0) is 13.2. The van der Waals surface area contributed by atoms with Crippen molar-refractivity contribution in [2.75, 3.05) is 40.3 Å². The van der Waals surface area contributed by atoms with E-state index in [2.05, 4.69) is 40.3 Å². The van der Waals surface area contributed by atoms with E-state index in [4.69, 9.17) is 0 Å². The molecule has 2 aliphatic rings. The van der Waals surface area contributed by atoms with Crippen molar-refractivity contribution in [2.45, 2.75) is 12.6 Å². The van der Waals surface area contributed by atoms with Gasteiger partial charge in [-0.1, -0.05) is 6.07 Å². The zero-order valence-electron chi connectivity index (χ0n) is 11.9. The van der Waals surface area contributed by atoms with Crippen molar-refractivity contribution in [1.82, 2.24) is 20.1 Å². The normalized spacial score (nSPS) is 31.6. The summed E-state index contributed by atoms with van der Waals surface area (Å²) in [5.41, 5.74) is 1.33. The van der Waals surface area contributed by atoms with Gasteiger partial charge in [0.05, 0.1) is 0 Å². The summed E-state index contributed by atoms with van der Waals surface area (Å²) in [5.74, 6) is 1.50. The quantitative estimate of drug-likeness (QED) is 0.865. The van der Waals surface area contributed by atoms with Crippen molar-refractivity contribution in [3.8, 4) is 0 Å². The van der Waals surface area contributed by atoms with Gasteiger partial charge in [0.25, 0.3) is 0 Å². The number of pyridine rings is 1. The van der Waals surface area contributed by atoms with Gasteiger partial charge in [0.1, 0.15) is 0 Å². The molecule has 104 valence electrons. The summed E-state index contributed by atoms with van der Waals surface area (Å²) >= 11 is 0. The van der Waals surface area contributed by atoms with Crippen LogP contribution in [0.5, 0.6) is 0 Å². The molecule has 2 atom stereocenters. The maximum Gasteiger partial charge on any atom is 0.0312 e. The van der Waals surface area contributed by atoms with E-state index < -0.39 is 0 Å². The van der Waals surface area contributed by atoms with E-state index in [1.54, 1.807) is 0 Å². The molecule has 4 heteroatoms. The predicted octanol–water partition coefficient (Wildman–Crippen LogP) is 0.663. The minimum absolute atomic E-state index is 0.742. The van der Waals surface area contributed by atoms with Crippen molar-refractivity contribution in [3.63, 3.8) is 0 Å². The van der Waals surface area contributed by atoms with E-state index in [9.17, 15) is 0 Å². The average Bonchev–Trinajstić information content (AvgIpc) is 2.38. The van der Waals surface area contributed by atoms with Crippen LogP contribution in [0.1, 0.15) is 5.56 Å². The van der Waals surface area contributed by atoms with Gasteiger partial charge in [-0.3, -0.25) is 9.88 Å². The smallest absolute Gasteiger partial charge is 0.0312 e. The van der Waals surface area contributed by atoms with Crippen LogP contribution >= 0.6 is 0 Å². The lowest BCUT2D eigenvalue weighted by Crippen LogP contribution is -2.62. The number of fused-ring (bicyclic) bond motifs is 2. The average molecular weight is 260 g/mol. The molecule has 2 saturated heterocycles. The van der Waals surface area contributed by atoms with Crippen molar-refractivity contribution < 1.29 is 0 Å². The Kier molecular flexibility index (Phi) is 3.82. The zero-order valence-corrected chi connectivity index (χ0v) is 11.9. The molecule has 19 heavy (non-hydrogen) atoms. The minimum atomic E-state index is 0.742. The summed E-state index contributed by atoms with van der Waals surface area (Å²) in [7, 11) is 4.46. The van der Waals surface area contributed by atoms with Gasteiger partial charge >= 0.3 is 0 Å². The second-order valence-electron chi connectivity index (χ2n) is 6.19. The Balaban J connectivity index is 1.68. The fourth-order valence-corrected chi connectivity index (χ4v) is 3.89. The molecule has 1 N–H and O–H groups in total. The molecule has 2 aliphatic heterocycles. The number of hydrogen-bond acceptors (Lipinski definition) is 4. The van der Waals surface area contributed by atoms with Crippen molar-refractivity contribution in [2.24, 2.45) is 11.8 Å². The Morgan fingerprint density at radius 3 is 2.63 bits per heavy atom. The molecule has 1 aromatic heterocycles. The highest BCUT2D eigenvalue weighted by atomic mass is 15.2. The molecule has 2 fully saturated rings. The molecule has 3 rings (SSSR count). The number of hydrogen-bond donors (Lipinski definition) is 1. The van der Waals surface area contributed by atoms with Crippen molar-refractivity contribution in [3.05, 3.63) is 30.1 Å². The van der Waals surface area contributed by atoms with Crippen molar-refractivity contribution in [1.29, 1.82) is 0 Å². The number of nitrogens with zero attached hydrogens (tertiary/aromatic N) is 3. The maximum atomic E-state index is 4.22. The van der Waals surface area contributed by atoms with Gasteiger partial charge in [0.15, 0.2) is 0 Å². The highest BCUT2D eigenvalue weighted by molar-refractivity contribution is 5.09. The third kappa shape index (κ3) is 2.81. The summed E-state index contributed by atoms with van der Waals surface area (Å²) in [6.07, 6.45) is 3.84. The molecule has 2 bridgehead atoms. The molecule has 0 aliphatic carbocycles. The van der Waals surface area contributed by atoms with Crippen LogP contribution in [0.4, 0.5) is 0 Å². The summed E-state index contributed by atoms with van der Waals surface area (Å²) in [6, 6.07) is 4.95. The molecule has 4 nitrogen and oxygen atoms in total. The van der Waals surface area contributed by atoms with Crippen LogP contribution in [-0.4, -0.2) is 61.1 Å². The molecular formula is C15H24N4. The molecule has 0 saturated carbocycles. The monoisotopic (exact) mass is 260 g/mol. The lowest BCUT2D eigenvalue weighted by atomic mass is 9.79. The molecule has 0 spiro atoms. The van der Waals surface area contributed by atoms with Gasteiger partial charge < -0.3 is 10.2 Å². The van der Waals surface area contributed by atoms with E-state index in [-0.39, 0.29) is 0 Å². The number of likely N-dealkylation sites (tertiary alicyclic amines) is 1. The Morgan fingerprint density at radius 1 is 1.32 bits per heavy atom. The first-order chi connectivity index (χ1) is 9.24. The van der Waals surface area contributed by atoms with Crippen LogP contribution < -0.4 is 5.32 Å². The van der Waals surface area contributed by atoms with Crippen molar-refractivity contribution >= 4 is 0 Å². The topological polar surface area (TPSA) is 31.4 Å².